The molecular weight excluding hydrogens is 406 g/mol. The molecule has 0 aromatic heterocycles. The van der Waals surface area contributed by atoms with E-state index in [1.807, 2.05) is 6.92 Å². The average molecular weight is 432 g/mol. The Labute approximate surface area is 176 Å². The van der Waals surface area contributed by atoms with Gasteiger partial charge in [0.1, 0.15) is 24.7 Å². The largest absolute Gasteiger partial charge is 0.495 e. The molecule has 0 saturated carbocycles. The van der Waals surface area contributed by atoms with E-state index in [0.29, 0.717) is 23.7 Å². The third-order valence-corrected chi connectivity index (χ3v) is 5.05. The number of ether oxygens (including phenoxy) is 2. The van der Waals surface area contributed by atoms with Gasteiger partial charge in [-0.1, -0.05) is 30.9 Å². The zero-order valence-corrected chi connectivity index (χ0v) is 18.0. The van der Waals surface area contributed by atoms with Crippen LogP contribution in [0.1, 0.15) is 11.1 Å². The molecule has 9 heteroatoms. The van der Waals surface area contributed by atoms with E-state index in [-0.39, 0.29) is 5.69 Å². The Hall–Kier alpha value is -3.33. The number of carbonyl (C=O) groups excluding carboxylic acids is 1. The molecule has 0 fully saturated rings. The SMILES string of the molecule is C=CCOc1cccc(/C=N\NC(=O)CN(c2cc(C)ccc2OC)S(C)(=O)=O)c1. The smallest absolute Gasteiger partial charge is 0.260 e. The molecule has 0 atom stereocenters. The van der Waals surface area contributed by atoms with Crippen molar-refractivity contribution in [3.63, 3.8) is 0 Å². The lowest BCUT2D eigenvalue weighted by molar-refractivity contribution is -0.119. The molecule has 0 spiro atoms. The van der Waals surface area contributed by atoms with Crippen molar-refractivity contribution in [3.05, 3.63) is 66.2 Å². The number of carbonyl (C=O) groups is 1. The third-order valence-electron chi connectivity index (χ3n) is 3.92. The summed E-state index contributed by atoms with van der Waals surface area (Å²) in [5.41, 5.74) is 4.16. The highest BCUT2D eigenvalue weighted by Crippen LogP contribution is 2.30. The minimum absolute atomic E-state index is 0.284. The van der Waals surface area contributed by atoms with Crippen LogP contribution in [0.3, 0.4) is 0 Å². The molecule has 0 saturated heterocycles. The molecule has 0 aliphatic carbocycles. The fraction of sp³-hybridized carbons (Fsp3) is 0.238. The summed E-state index contributed by atoms with van der Waals surface area (Å²) in [4.78, 5) is 12.3. The third kappa shape index (κ3) is 6.63. The summed E-state index contributed by atoms with van der Waals surface area (Å²) in [6.07, 6.45) is 4.11. The van der Waals surface area contributed by atoms with Gasteiger partial charge in [-0.25, -0.2) is 13.8 Å². The quantitative estimate of drug-likeness (QED) is 0.354. The molecule has 0 aliphatic rings. The van der Waals surface area contributed by atoms with E-state index < -0.39 is 22.5 Å². The molecule has 2 aromatic carbocycles. The van der Waals surface area contributed by atoms with Gasteiger partial charge in [-0.15, -0.1) is 0 Å². The van der Waals surface area contributed by atoms with Crippen LogP contribution < -0.4 is 19.2 Å². The van der Waals surface area contributed by atoms with Gasteiger partial charge in [-0.3, -0.25) is 9.10 Å². The lowest BCUT2D eigenvalue weighted by atomic mass is 10.2. The van der Waals surface area contributed by atoms with Crippen LogP contribution >= 0.6 is 0 Å². The van der Waals surface area contributed by atoms with Gasteiger partial charge in [0.2, 0.25) is 10.0 Å². The number of methoxy groups -OCH3 is 1. The minimum atomic E-state index is -3.74. The van der Waals surface area contributed by atoms with E-state index in [4.69, 9.17) is 9.47 Å². The Morgan fingerprint density at radius 1 is 1.27 bits per heavy atom. The first kappa shape index (κ1) is 23.0. The van der Waals surface area contributed by atoms with E-state index in [1.54, 1.807) is 48.5 Å². The molecule has 1 amide bonds. The van der Waals surface area contributed by atoms with Gasteiger partial charge in [-0.05, 0) is 42.3 Å². The molecule has 0 radical (unpaired) electrons. The van der Waals surface area contributed by atoms with Crippen molar-refractivity contribution in [2.75, 3.05) is 30.8 Å². The van der Waals surface area contributed by atoms with Crippen LogP contribution in [0.5, 0.6) is 11.5 Å². The second-order valence-electron chi connectivity index (χ2n) is 6.41. The van der Waals surface area contributed by atoms with Gasteiger partial charge in [0, 0.05) is 0 Å². The molecule has 2 rings (SSSR count). The Kier molecular flexibility index (Phi) is 7.99. The van der Waals surface area contributed by atoms with Gasteiger partial charge in [0.15, 0.2) is 0 Å². The summed E-state index contributed by atoms with van der Waals surface area (Å²) in [6, 6.07) is 12.2. The Morgan fingerprint density at radius 3 is 2.70 bits per heavy atom. The molecular formula is C21H25N3O5S. The summed E-state index contributed by atoms with van der Waals surface area (Å²) < 4.78 is 36.3. The number of sulfonamides is 1. The predicted molar refractivity (Wildman–Crippen MR) is 118 cm³/mol. The molecule has 8 nitrogen and oxygen atoms in total. The van der Waals surface area contributed by atoms with Crippen LogP contribution in [0, 0.1) is 6.92 Å². The van der Waals surface area contributed by atoms with Gasteiger partial charge in [-0.2, -0.15) is 5.10 Å². The molecule has 30 heavy (non-hydrogen) atoms. The second kappa shape index (κ2) is 10.4. The average Bonchev–Trinajstić information content (AvgIpc) is 2.70. The van der Waals surface area contributed by atoms with Crippen LogP contribution in [0.25, 0.3) is 0 Å². The van der Waals surface area contributed by atoms with E-state index >= 15 is 0 Å². The number of amides is 1. The summed E-state index contributed by atoms with van der Waals surface area (Å²) in [7, 11) is -2.30. The van der Waals surface area contributed by atoms with Crippen LogP contribution in [-0.4, -0.2) is 47.1 Å². The number of hydrogen-bond acceptors (Lipinski definition) is 6. The molecule has 0 unspecified atom stereocenters. The fourth-order valence-electron chi connectivity index (χ4n) is 2.56. The highest BCUT2D eigenvalue weighted by molar-refractivity contribution is 7.92. The standard InChI is InChI=1S/C21H25N3O5S/c1-5-11-29-18-8-6-7-17(13-18)14-22-23-21(25)15-24(30(4,26)27)19-12-16(2)9-10-20(19)28-3/h5-10,12-14H,1,11,15H2,2-4H3,(H,23,25)/b22-14-. The summed E-state index contributed by atoms with van der Waals surface area (Å²) in [5, 5.41) is 3.90. The van der Waals surface area contributed by atoms with Crippen molar-refractivity contribution in [1.29, 1.82) is 0 Å². The summed E-state index contributed by atoms with van der Waals surface area (Å²) in [6.45, 7) is 5.34. The zero-order valence-electron chi connectivity index (χ0n) is 17.2. The number of aryl methyl sites for hydroxylation is 1. The lowest BCUT2D eigenvalue weighted by Crippen LogP contribution is -2.39. The molecule has 0 aliphatic heterocycles. The predicted octanol–water partition coefficient (Wildman–Crippen LogP) is 2.48. The molecule has 2 aromatic rings. The van der Waals surface area contributed by atoms with Gasteiger partial charge < -0.3 is 9.47 Å². The van der Waals surface area contributed by atoms with Crippen LogP contribution in [-0.2, 0) is 14.8 Å². The maximum atomic E-state index is 12.3. The number of hydrazone groups is 1. The Bertz CT molecular complexity index is 1030. The van der Waals surface area contributed by atoms with Crippen molar-refractivity contribution in [2.24, 2.45) is 5.10 Å². The first-order valence-electron chi connectivity index (χ1n) is 9.02. The topological polar surface area (TPSA) is 97.3 Å². The fourth-order valence-corrected chi connectivity index (χ4v) is 3.41. The maximum absolute atomic E-state index is 12.3. The highest BCUT2D eigenvalue weighted by Gasteiger charge is 2.24. The highest BCUT2D eigenvalue weighted by atomic mass is 32.2. The van der Waals surface area contributed by atoms with Gasteiger partial charge >= 0.3 is 0 Å². The number of nitrogens with one attached hydrogen (secondary N) is 1. The first-order chi connectivity index (χ1) is 14.2. The zero-order chi connectivity index (χ0) is 22.1. The van der Waals surface area contributed by atoms with E-state index in [1.165, 1.54) is 13.3 Å². The number of nitrogens with zero attached hydrogens (tertiary/aromatic N) is 2. The first-order valence-corrected chi connectivity index (χ1v) is 10.9. The van der Waals surface area contributed by atoms with E-state index in [0.717, 1.165) is 16.1 Å². The van der Waals surface area contributed by atoms with E-state index in [2.05, 4.69) is 17.1 Å². The number of hydrogen-bond donors (Lipinski definition) is 1. The summed E-state index contributed by atoms with van der Waals surface area (Å²) in [5.74, 6) is 0.387. The second-order valence-corrected chi connectivity index (χ2v) is 8.32. The number of benzene rings is 2. The van der Waals surface area contributed by atoms with E-state index in [9.17, 15) is 13.2 Å². The molecule has 160 valence electrons. The lowest BCUT2D eigenvalue weighted by Gasteiger charge is -2.23. The molecule has 1 N–H and O–H groups in total. The van der Waals surface area contributed by atoms with Crippen molar-refractivity contribution < 1.29 is 22.7 Å². The maximum Gasteiger partial charge on any atom is 0.260 e. The summed E-state index contributed by atoms with van der Waals surface area (Å²) >= 11 is 0. The van der Waals surface area contributed by atoms with Crippen molar-refractivity contribution in [1.82, 2.24) is 5.43 Å². The number of anilines is 1. The Morgan fingerprint density at radius 2 is 2.03 bits per heavy atom. The normalized spacial score (nSPS) is 11.2. The van der Waals surface area contributed by atoms with Crippen molar-refractivity contribution in [2.45, 2.75) is 6.92 Å². The van der Waals surface area contributed by atoms with Crippen molar-refractivity contribution in [3.8, 4) is 11.5 Å². The molecule has 0 heterocycles. The van der Waals surface area contributed by atoms with Gasteiger partial charge in [0.05, 0.1) is 25.3 Å². The Balaban J connectivity index is 2.12. The van der Waals surface area contributed by atoms with Crippen LogP contribution in [0.15, 0.2) is 60.2 Å². The molecule has 0 bridgehead atoms. The number of rotatable bonds is 10. The minimum Gasteiger partial charge on any atom is -0.495 e. The van der Waals surface area contributed by atoms with Crippen LogP contribution in [0.2, 0.25) is 0 Å². The van der Waals surface area contributed by atoms with Crippen molar-refractivity contribution >= 4 is 27.8 Å². The monoisotopic (exact) mass is 431 g/mol. The van der Waals surface area contributed by atoms with Crippen LogP contribution in [0.4, 0.5) is 5.69 Å². The van der Waals surface area contributed by atoms with Gasteiger partial charge in [0.25, 0.3) is 5.91 Å².